The lowest BCUT2D eigenvalue weighted by Crippen LogP contribution is -2.50. The maximum atomic E-state index is 13.1. The number of hydrogen-bond donors (Lipinski definition) is 0. The molecule has 7 nitrogen and oxygen atoms in total. The molecular formula is C24H19BrN4O3S. The van der Waals surface area contributed by atoms with Crippen molar-refractivity contribution in [1.82, 2.24) is 0 Å². The number of rotatable bonds is 4. The van der Waals surface area contributed by atoms with Crippen molar-refractivity contribution in [2.75, 3.05) is 11.4 Å². The number of halogens is 1. The Balaban J connectivity index is 1.63. The van der Waals surface area contributed by atoms with Gasteiger partial charge in [-0.15, -0.1) is 5.10 Å². The van der Waals surface area contributed by atoms with Crippen LogP contribution in [0.2, 0.25) is 0 Å². The van der Waals surface area contributed by atoms with Crippen molar-refractivity contribution < 1.29 is 12.6 Å². The second kappa shape index (κ2) is 8.66. The Kier molecular flexibility index (Phi) is 5.69. The molecule has 2 heterocycles. The normalized spacial score (nSPS) is 17.8. The molecule has 0 aliphatic carbocycles. The van der Waals surface area contributed by atoms with Crippen LogP contribution in [-0.4, -0.2) is 38.4 Å². The summed E-state index contributed by atoms with van der Waals surface area (Å²) in [6.45, 7) is 1.92. The predicted octanol–water partition coefficient (Wildman–Crippen LogP) is 4.63. The summed E-state index contributed by atoms with van der Waals surface area (Å²) < 4.78 is 32.8. The zero-order chi connectivity index (χ0) is 23.0. The number of benzene rings is 3. The van der Waals surface area contributed by atoms with Crippen LogP contribution in [0.25, 0.3) is 0 Å². The number of aliphatic imine (C=N–C) groups is 1. The van der Waals surface area contributed by atoms with Gasteiger partial charge >= 0.3 is 0 Å². The lowest BCUT2D eigenvalue weighted by atomic mass is 10.00. The molecule has 2 aliphatic rings. The quantitative estimate of drug-likeness (QED) is 0.467. The van der Waals surface area contributed by atoms with Gasteiger partial charge in [0.15, 0.2) is 12.1 Å². The SMILES string of the molecule is CC1=NN=C2CN=C(c3ccccc3)c3cc(Br)ccc3N2C1OS(=O)(=O)c1ccccc1. The molecule has 9 heteroatoms. The van der Waals surface area contributed by atoms with Crippen molar-refractivity contribution in [3.8, 4) is 0 Å². The average molecular weight is 523 g/mol. The van der Waals surface area contributed by atoms with Gasteiger partial charge in [-0.25, -0.2) is 4.18 Å². The van der Waals surface area contributed by atoms with Crippen molar-refractivity contribution >= 4 is 49.0 Å². The van der Waals surface area contributed by atoms with Crippen LogP contribution in [0.5, 0.6) is 0 Å². The highest BCUT2D eigenvalue weighted by molar-refractivity contribution is 9.10. The van der Waals surface area contributed by atoms with Crippen molar-refractivity contribution in [2.24, 2.45) is 15.2 Å². The second-order valence-electron chi connectivity index (χ2n) is 7.54. The van der Waals surface area contributed by atoms with Gasteiger partial charge in [-0.3, -0.25) is 9.89 Å². The third-order valence-corrected chi connectivity index (χ3v) is 7.12. The maximum absolute atomic E-state index is 13.1. The molecule has 0 bridgehead atoms. The van der Waals surface area contributed by atoms with Gasteiger partial charge in [0, 0.05) is 15.6 Å². The van der Waals surface area contributed by atoms with Gasteiger partial charge in [0.05, 0.1) is 28.6 Å². The molecule has 0 fully saturated rings. The van der Waals surface area contributed by atoms with Crippen LogP contribution >= 0.6 is 15.9 Å². The average Bonchev–Trinajstić information content (AvgIpc) is 2.99. The van der Waals surface area contributed by atoms with Crippen molar-refractivity contribution in [3.63, 3.8) is 0 Å². The standard InChI is InChI=1S/C24H19BrN4O3S/c1-16-24(32-33(30,31)19-10-6-3-7-11-19)29-21-13-12-18(25)14-20(21)23(17-8-4-2-5-9-17)26-15-22(29)28-27-16/h2-14,24H,15H2,1H3. The first-order valence-corrected chi connectivity index (χ1v) is 12.4. The van der Waals surface area contributed by atoms with Crippen LogP contribution in [0.1, 0.15) is 18.1 Å². The fourth-order valence-corrected chi connectivity index (χ4v) is 5.22. The van der Waals surface area contributed by atoms with Crippen molar-refractivity contribution in [2.45, 2.75) is 18.0 Å². The third-order valence-electron chi connectivity index (χ3n) is 5.34. The van der Waals surface area contributed by atoms with E-state index in [1.165, 1.54) is 12.1 Å². The van der Waals surface area contributed by atoms with Crippen LogP contribution in [0.4, 0.5) is 5.69 Å². The van der Waals surface area contributed by atoms with E-state index in [1.807, 2.05) is 48.5 Å². The summed E-state index contributed by atoms with van der Waals surface area (Å²) in [7, 11) is -4.06. The molecule has 1 unspecified atom stereocenters. The number of anilines is 1. The van der Waals surface area contributed by atoms with E-state index in [0.29, 0.717) is 11.5 Å². The summed E-state index contributed by atoms with van der Waals surface area (Å²) in [6, 6.07) is 23.7. The first kappa shape index (κ1) is 21.7. The predicted molar refractivity (Wildman–Crippen MR) is 133 cm³/mol. The van der Waals surface area contributed by atoms with E-state index in [0.717, 1.165) is 27.0 Å². The molecule has 2 aliphatic heterocycles. The van der Waals surface area contributed by atoms with Crippen LogP contribution in [-0.2, 0) is 14.3 Å². The summed E-state index contributed by atoms with van der Waals surface area (Å²) in [5.74, 6) is 0.503. The van der Waals surface area contributed by atoms with Gasteiger partial charge in [-0.1, -0.05) is 64.5 Å². The molecule has 0 aromatic heterocycles. The summed E-state index contributed by atoms with van der Waals surface area (Å²) >= 11 is 3.56. The van der Waals surface area contributed by atoms with E-state index in [4.69, 9.17) is 9.18 Å². The molecule has 0 saturated heterocycles. The highest BCUT2D eigenvalue weighted by atomic mass is 79.9. The largest absolute Gasteiger partial charge is 0.299 e. The van der Waals surface area contributed by atoms with Crippen molar-refractivity contribution in [3.05, 3.63) is 94.5 Å². The van der Waals surface area contributed by atoms with E-state index in [9.17, 15) is 8.42 Å². The van der Waals surface area contributed by atoms with Crippen LogP contribution in [0, 0.1) is 0 Å². The Morgan fingerprint density at radius 2 is 1.67 bits per heavy atom. The summed E-state index contributed by atoms with van der Waals surface area (Å²) in [5.41, 5.74) is 3.73. The molecule has 0 radical (unpaired) electrons. The van der Waals surface area contributed by atoms with E-state index in [1.54, 1.807) is 30.0 Å². The minimum Gasteiger partial charge on any atom is -0.293 e. The van der Waals surface area contributed by atoms with Gasteiger partial charge < -0.3 is 0 Å². The third kappa shape index (κ3) is 4.15. The number of nitrogens with zero attached hydrogens (tertiary/aromatic N) is 4. The van der Waals surface area contributed by atoms with Crippen molar-refractivity contribution in [1.29, 1.82) is 0 Å². The Labute approximate surface area is 200 Å². The van der Waals surface area contributed by atoms with Gasteiger partial charge in [-0.05, 0) is 37.3 Å². The molecule has 1 atom stereocenters. The first-order chi connectivity index (χ1) is 15.9. The van der Waals surface area contributed by atoms with Gasteiger partial charge in [0.2, 0.25) is 0 Å². The number of hydrogen-bond acceptors (Lipinski definition) is 7. The molecule has 0 spiro atoms. The van der Waals surface area contributed by atoms with Gasteiger partial charge in [0.25, 0.3) is 10.1 Å². The van der Waals surface area contributed by atoms with E-state index in [-0.39, 0.29) is 11.4 Å². The zero-order valence-electron chi connectivity index (χ0n) is 17.6. The number of amidine groups is 1. The lowest BCUT2D eigenvalue weighted by Gasteiger charge is -2.34. The topological polar surface area (TPSA) is 83.7 Å². The monoisotopic (exact) mass is 522 g/mol. The first-order valence-electron chi connectivity index (χ1n) is 10.2. The molecule has 166 valence electrons. The fraction of sp³-hybridized carbons (Fsp3) is 0.125. The fourth-order valence-electron chi connectivity index (χ4n) is 3.79. The Morgan fingerprint density at radius 1 is 0.970 bits per heavy atom. The smallest absolute Gasteiger partial charge is 0.293 e. The maximum Gasteiger partial charge on any atom is 0.299 e. The second-order valence-corrected chi connectivity index (χ2v) is 10.0. The summed E-state index contributed by atoms with van der Waals surface area (Å²) in [4.78, 5) is 6.67. The summed E-state index contributed by atoms with van der Waals surface area (Å²) in [6.07, 6.45) is -0.993. The Bertz CT molecular complexity index is 1400. The lowest BCUT2D eigenvalue weighted by molar-refractivity contribution is 0.277. The minimum absolute atomic E-state index is 0.0777. The van der Waals surface area contributed by atoms with Gasteiger partial charge in [-0.2, -0.15) is 13.5 Å². The number of fused-ring (bicyclic) bond motifs is 3. The molecule has 0 amide bonds. The van der Waals surface area contributed by atoms with Crippen LogP contribution < -0.4 is 4.90 Å². The molecule has 5 rings (SSSR count). The Hall–Kier alpha value is -3.14. The van der Waals surface area contributed by atoms with Crippen LogP contribution in [0.3, 0.4) is 0 Å². The Morgan fingerprint density at radius 3 is 2.39 bits per heavy atom. The molecular weight excluding hydrogens is 504 g/mol. The van der Waals surface area contributed by atoms with Crippen LogP contribution in [0.15, 0.2) is 103 Å². The van der Waals surface area contributed by atoms with Gasteiger partial charge in [0.1, 0.15) is 0 Å². The highest BCUT2D eigenvalue weighted by Crippen LogP contribution is 2.34. The summed E-state index contributed by atoms with van der Waals surface area (Å²) in [5, 5.41) is 8.53. The zero-order valence-corrected chi connectivity index (χ0v) is 20.0. The molecule has 3 aromatic carbocycles. The molecule has 0 saturated carbocycles. The van der Waals surface area contributed by atoms with E-state index in [2.05, 4.69) is 26.1 Å². The molecule has 0 N–H and O–H groups in total. The minimum atomic E-state index is -4.06. The highest BCUT2D eigenvalue weighted by Gasteiger charge is 2.37. The van der Waals surface area contributed by atoms with E-state index < -0.39 is 16.3 Å². The molecule has 3 aromatic rings. The van der Waals surface area contributed by atoms with E-state index >= 15 is 0 Å². The molecule has 33 heavy (non-hydrogen) atoms.